The Labute approximate surface area is 128 Å². The molecule has 102 valence electrons. The minimum Gasteiger partial charge on any atom is -0.378 e. The summed E-state index contributed by atoms with van der Waals surface area (Å²) in [5, 5.41) is 16.8. The molecule has 1 atom stereocenters. The zero-order chi connectivity index (χ0) is 13.9. The van der Waals surface area contributed by atoms with Gasteiger partial charge < -0.3 is 5.32 Å². The molecule has 0 saturated heterocycles. The second kappa shape index (κ2) is 5.72. The highest BCUT2D eigenvalue weighted by molar-refractivity contribution is 9.10. The third-order valence-corrected chi connectivity index (χ3v) is 4.73. The molecule has 0 radical (unpaired) electrons. The van der Waals surface area contributed by atoms with Crippen LogP contribution in [0.25, 0.3) is 5.69 Å². The number of halogens is 1. The fraction of sp³-hybridized carbons (Fsp3) is 0.154. The molecule has 3 aromatic rings. The summed E-state index contributed by atoms with van der Waals surface area (Å²) in [5.74, 6) is 0. The minimum atomic E-state index is 0.246. The number of aromatic nitrogens is 4. The maximum atomic E-state index is 3.89. The molecular weight excluding hydrogens is 338 g/mol. The zero-order valence-corrected chi connectivity index (χ0v) is 13.1. The van der Waals surface area contributed by atoms with Gasteiger partial charge in [0.05, 0.1) is 11.7 Å². The summed E-state index contributed by atoms with van der Waals surface area (Å²) >= 11 is 5.21. The largest absolute Gasteiger partial charge is 0.378 e. The molecule has 20 heavy (non-hydrogen) atoms. The zero-order valence-electron chi connectivity index (χ0n) is 10.7. The first-order valence-corrected chi connectivity index (χ1v) is 7.73. The number of nitrogens with one attached hydrogen (secondary N) is 1. The number of hydrogen-bond acceptors (Lipinski definition) is 5. The maximum Gasteiger partial charge on any atom is 0.143 e. The number of rotatable bonds is 4. The molecule has 0 amide bonds. The Morgan fingerprint density at radius 2 is 2.25 bits per heavy atom. The Hall–Kier alpha value is -1.73. The first kappa shape index (κ1) is 13.3. The van der Waals surface area contributed by atoms with Gasteiger partial charge in [-0.1, -0.05) is 6.07 Å². The number of benzene rings is 1. The highest BCUT2D eigenvalue weighted by Gasteiger charge is 2.08. The number of thiophene rings is 1. The van der Waals surface area contributed by atoms with E-state index in [1.54, 1.807) is 22.3 Å². The molecule has 2 aromatic heterocycles. The standard InChI is InChI=1S/C13H12BrN5S/c1-9(13-5-10(14)7-20-13)16-11-3-2-4-12(6-11)19-8-15-17-18-19/h2-9,16H,1H3. The van der Waals surface area contributed by atoms with Gasteiger partial charge in [0.2, 0.25) is 0 Å². The monoisotopic (exact) mass is 349 g/mol. The van der Waals surface area contributed by atoms with E-state index in [9.17, 15) is 0 Å². The molecule has 0 spiro atoms. The van der Waals surface area contributed by atoms with Crippen LogP contribution in [-0.2, 0) is 0 Å². The first-order valence-electron chi connectivity index (χ1n) is 6.06. The van der Waals surface area contributed by atoms with Crippen molar-refractivity contribution < 1.29 is 0 Å². The van der Waals surface area contributed by atoms with Crippen molar-refractivity contribution in [3.05, 3.63) is 51.4 Å². The minimum absolute atomic E-state index is 0.246. The summed E-state index contributed by atoms with van der Waals surface area (Å²) in [6.45, 7) is 2.14. The van der Waals surface area contributed by atoms with Crippen LogP contribution in [0.1, 0.15) is 17.8 Å². The lowest BCUT2D eigenvalue weighted by Crippen LogP contribution is -2.05. The summed E-state index contributed by atoms with van der Waals surface area (Å²) in [6, 6.07) is 10.4. The van der Waals surface area contributed by atoms with E-state index < -0.39 is 0 Å². The van der Waals surface area contributed by atoms with Gasteiger partial charge in [0, 0.05) is 20.4 Å². The second-order valence-electron chi connectivity index (χ2n) is 4.34. The van der Waals surface area contributed by atoms with Gasteiger partial charge in [-0.05, 0) is 57.5 Å². The van der Waals surface area contributed by atoms with E-state index in [0.29, 0.717) is 0 Å². The van der Waals surface area contributed by atoms with E-state index in [2.05, 4.69) is 55.1 Å². The predicted octanol–water partition coefficient (Wildman–Crippen LogP) is 3.66. The number of anilines is 1. The van der Waals surface area contributed by atoms with E-state index >= 15 is 0 Å². The van der Waals surface area contributed by atoms with Crippen molar-refractivity contribution in [2.24, 2.45) is 0 Å². The van der Waals surface area contributed by atoms with Crippen LogP contribution in [0.2, 0.25) is 0 Å². The molecule has 0 aliphatic rings. The summed E-state index contributed by atoms with van der Waals surface area (Å²) in [6.07, 6.45) is 1.58. The van der Waals surface area contributed by atoms with Crippen LogP contribution in [0.3, 0.4) is 0 Å². The molecule has 1 N–H and O–H groups in total. The number of hydrogen-bond donors (Lipinski definition) is 1. The van der Waals surface area contributed by atoms with Crippen LogP contribution in [0, 0.1) is 0 Å². The van der Waals surface area contributed by atoms with Crippen molar-refractivity contribution in [2.45, 2.75) is 13.0 Å². The van der Waals surface area contributed by atoms with Crippen LogP contribution in [0.5, 0.6) is 0 Å². The first-order chi connectivity index (χ1) is 9.72. The van der Waals surface area contributed by atoms with Gasteiger partial charge in [-0.3, -0.25) is 0 Å². The SMILES string of the molecule is CC(Nc1cccc(-n2cnnn2)c1)c1cc(Br)cs1. The van der Waals surface area contributed by atoms with Crippen molar-refractivity contribution in [3.63, 3.8) is 0 Å². The fourth-order valence-corrected chi connectivity index (χ4v) is 3.35. The smallest absolute Gasteiger partial charge is 0.143 e. The Morgan fingerprint density at radius 3 is 2.95 bits per heavy atom. The lowest BCUT2D eigenvalue weighted by molar-refractivity contribution is 0.788. The topological polar surface area (TPSA) is 55.6 Å². The maximum absolute atomic E-state index is 3.89. The molecule has 3 rings (SSSR count). The van der Waals surface area contributed by atoms with E-state index in [1.165, 1.54) is 4.88 Å². The normalized spacial score (nSPS) is 12.3. The van der Waals surface area contributed by atoms with E-state index in [4.69, 9.17) is 0 Å². The highest BCUT2D eigenvalue weighted by atomic mass is 79.9. The quantitative estimate of drug-likeness (QED) is 0.780. The van der Waals surface area contributed by atoms with Gasteiger partial charge in [-0.15, -0.1) is 16.4 Å². The molecule has 5 nitrogen and oxygen atoms in total. The van der Waals surface area contributed by atoms with Crippen molar-refractivity contribution in [2.75, 3.05) is 5.32 Å². The molecule has 0 fully saturated rings. The molecule has 1 unspecified atom stereocenters. The van der Waals surface area contributed by atoms with Crippen LogP contribution in [0.15, 0.2) is 46.5 Å². The van der Waals surface area contributed by atoms with Gasteiger partial charge in [-0.25, -0.2) is 4.68 Å². The Bertz CT molecular complexity index is 694. The van der Waals surface area contributed by atoms with Crippen LogP contribution < -0.4 is 5.32 Å². The van der Waals surface area contributed by atoms with Crippen molar-refractivity contribution in [3.8, 4) is 5.69 Å². The van der Waals surface area contributed by atoms with E-state index in [0.717, 1.165) is 15.8 Å². The Kier molecular flexibility index (Phi) is 3.79. The second-order valence-corrected chi connectivity index (χ2v) is 6.20. The summed E-state index contributed by atoms with van der Waals surface area (Å²) in [5.41, 5.74) is 1.97. The molecule has 0 aliphatic heterocycles. The van der Waals surface area contributed by atoms with Gasteiger partial charge in [0.1, 0.15) is 6.33 Å². The van der Waals surface area contributed by atoms with E-state index in [-0.39, 0.29) is 6.04 Å². The van der Waals surface area contributed by atoms with Gasteiger partial charge in [-0.2, -0.15) is 0 Å². The van der Waals surface area contributed by atoms with Gasteiger partial charge in [0.15, 0.2) is 0 Å². The van der Waals surface area contributed by atoms with Crippen LogP contribution >= 0.6 is 27.3 Å². The van der Waals surface area contributed by atoms with E-state index in [1.807, 2.05) is 24.3 Å². The average Bonchev–Trinajstić information content (AvgIpc) is 3.10. The summed E-state index contributed by atoms with van der Waals surface area (Å²) < 4.78 is 2.76. The third-order valence-electron chi connectivity index (χ3n) is 2.86. The lowest BCUT2D eigenvalue weighted by Gasteiger charge is -2.14. The lowest BCUT2D eigenvalue weighted by atomic mass is 10.2. The molecule has 7 heteroatoms. The fourth-order valence-electron chi connectivity index (χ4n) is 1.89. The summed E-state index contributed by atoms with van der Waals surface area (Å²) in [7, 11) is 0. The van der Waals surface area contributed by atoms with Crippen molar-refractivity contribution in [1.29, 1.82) is 0 Å². The van der Waals surface area contributed by atoms with Crippen molar-refractivity contribution in [1.82, 2.24) is 20.2 Å². The Balaban J connectivity index is 1.79. The van der Waals surface area contributed by atoms with Crippen LogP contribution in [-0.4, -0.2) is 20.2 Å². The van der Waals surface area contributed by atoms with Crippen LogP contribution in [0.4, 0.5) is 5.69 Å². The van der Waals surface area contributed by atoms with Gasteiger partial charge >= 0.3 is 0 Å². The number of tetrazole rings is 1. The molecule has 1 aromatic carbocycles. The number of nitrogens with zero attached hydrogens (tertiary/aromatic N) is 4. The van der Waals surface area contributed by atoms with Crippen molar-refractivity contribution >= 4 is 33.0 Å². The van der Waals surface area contributed by atoms with Gasteiger partial charge in [0.25, 0.3) is 0 Å². The third kappa shape index (κ3) is 2.88. The highest BCUT2D eigenvalue weighted by Crippen LogP contribution is 2.28. The molecule has 0 aliphatic carbocycles. The molecule has 0 saturated carbocycles. The molecule has 0 bridgehead atoms. The molecule has 2 heterocycles. The summed E-state index contributed by atoms with van der Waals surface area (Å²) in [4.78, 5) is 1.28. The molecular formula is C13H12BrN5S. The predicted molar refractivity (Wildman–Crippen MR) is 83.2 cm³/mol. The average molecular weight is 350 g/mol. The Morgan fingerprint density at radius 1 is 1.35 bits per heavy atom.